The van der Waals surface area contributed by atoms with Gasteiger partial charge in [-0.3, -0.25) is 4.79 Å². The first-order chi connectivity index (χ1) is 11.1. The summed E-state index contributed by atoms with van der Waals surface area (Å²) in [7, 11) is 0. The summed E-state index contributed by atoms with van der Waals surface area (Å²) in [6, 6.07) is 18.0. The molecular formula is C19H17NO3. The van der Waals surface area contributed by atoms with Gasteiger partial charge in [-0.1, -0.05) is 48.0 Å². The summed E-state index contributed by atoms with van der Waals surface area (Å²) in [4.78, 5) is 11.9. The van der Waals surface area contributed by atoms with E-state index >= 15 is 0 Å². The largest absolute Gasteiger partial charge is 0.503 e. The van der Waals surface area contributed by atoms with Gasteiger partial charge < -0.3 is 14.8 Å². The molecule has 23 heavy (non-hydrogen) atoms. The van der Waals surface area contributed by atoms with Crippen LogP contribution >= 0.6 is 0 Å². The lowest BCUT2D eigenvalue weighted by molar-refractivity contribution is 0.212. The van der Waals surface area contributed by atoms with Crippen molar-refractivity contribution < 1.29 is 10.2 Å². The van der Waals surface area contributed by atoms with Gasteiger partial charge in [0.05, 0.1) is 11.9 Å². The first-order valence-electron chi connectivity index (χ1n) is 7.32. The Morgan fingerprint density at radius 3 is 2.43 bits per heavy atom. The summed E-state index contributed by atoms with van der Waals surface area (Å²) < 4.78 is 1.63. The number of hydrogen-bond donors (Lipinski definition) is 2. The van der Waals surface area contributed by atoms with Gasteiger partial charge in [0.1, 0.15) is 6.10 Å². The predicted molar refractivity (Wildman–Crippen MR) is 88.9 cm³/mol. The zero-order valence-corrected chi connectivity index (χ0v) is 12.7. The first kappa shape index (κ1) is 15.1. The normalized spacial score (nSPS) is 12.1. The number of nitrogens with zero attached hydrogens (tertiary/aromatic N) is 1. The van der Waals surface area contributed by atoms with Crippen molar-refractivity contribution >= 4 is 0 Å². The lowest BCUT2D eigenvalue weighted by Crippen LogP contribution is -2.15. The van der Waals surface area contributed by atoms with Crippen LogP contribution in [0.4, 0.5) is 0 Å². The van der Waals surface area contributed by atoms with Gasteiger partial charge in [0.15, 0.2) is 5.75 Å². The minimum absolute atomic E-state index is 0.353. The van der Waals surface area contributed by atoms with E-state index in [1.165, 1.54) is 12.3 Å². The van der Waals surface area contributed by atoms with E-state index in [1.54, 1.807) is 4.57 Å². The lowest BCUT2D eigenvalue weighted by atomic mass is 10.0. The van der Waals surface area contributed by atoms with Crippen LogP contribution in [0.3, 0.4) is 0 Å². The number of hydrogen-bond acceptors (Lipinski definition) is 3. The van der Waals surface area contributed by atoms with Gasteiger partial charge in [0.2, 0.25) is 5.43 Å². The topological polar surface area (TPSA) is 62.5 Å². The number of pyridine rings is 1. The smallest absolute Gasteiger partial charge is 0.223 e. The molecule has 3 rings (SSSR count). The second kappa shape index (κ2) is 6.10. The van der Waals surface area contributed by atoms with E-state index in [0.29, 0.717) is 11.3 Å². The molecule has 0 radical (unpaired) electrons. The van der Waals surface area contributed by atoms with Crippen molar-refractivity contribution in [1.29, 1.82) is 0 Å². The molecule has 2 N–H and O–H groups in total. The van der Waals surface area contributed by atoms with Crippen molar-refractivity contribution in [3.63, 3.8) is 0 Å². The Bertz CT molecular complexity index is 885. The maximum absolute atomic E-state index is 11.9. The van der Waals surface area contributed by atoms with Crippen molar-refractivity contribution in [2.45, 2.75) is 13.0 Å². The Balaban J connectivity index is 2.18. The summed E-state index contributed by atoms with van der Waals surface area (Å²) >= 11 is 0. The van der Waals surface area contributed by atoms with E-state index in [1.807, 2.05) is 61.5 Å². The highest BCUT2D eigenvalue weighted by Gasteiger charge is 2.17. The summed E-state index contributed by atoms with van der Waals surface area (Å²) in [6.07, 6.45) is 0.370. The first-order valence-corrected chi connectivity index (χ1v) is 7.32. The van der Waals surface area contributed by atoms with E-state index in [9.17, 15) is 15.0 Å². The zero-order valence-electron chi connectivity index (χ0n) is 12.7. The van der Waals surface area contributed by atoms with E-state index in [2.05, 4.69) is 0 Å². The molecule has 0 bridgehead atoms. The van der Waals surface area contributed by atoms with Crippen molar-refractivity contribution in [3.05, 3.63) is 93.9 Å². The average Bonchev–Trinajstić information content (AvgIpc) is 2.57. The summed E-state index contributed by atoms with van der Waals surface area (Å²) in [6.45, 7) is 1.94. The molecule has 0 aliphatic carbocycles. The number of benzene rings is 2. The Morgan fingerprint density at radius 1 is 1.00 bits per heavy atom. The minimum Gasteiger partial charge on any atom is -0.503 e. The van der Waals surface area contributed by atoms with Crippen LogP contribution in [0.25, 0.3) is 5.69 Å². The fourth-order valence-electron chi connectivity index (χ4n) is 2.57. The Labute approximate surface area is 133 Å². The maximum Gasteiger partial charge on any atom is 0.223 e. The molecule has 116 valence electrons. The number of para-hydroxylation sites is 1. The molecule has 0 unspecified atom stereocenters. The highest BCUT2D eigenvalue weighted by molar-refractivity contribution is 5.40. The summed E-state index contributed by atoms with van der Waals surface area (Å²) in [5, 5.41) is 20.5. The van der Waals surface area contributed by atoms with Crippen LogP contribution < -0.4 is 5.43 Å². The van der Waals surface area contributed by atoms with Gasteiger partial charge in [0, 0.05) is 11.8 Å². The highest BCUT2D eigenvalue weighted by Crippen LogP contribution is 2.25. The van der Waals surface area contributed by atoms with Crippen LogP contribution in [0.15, 0.2) is 71.7 Å². The molecule has 0 saturated heterocycles. The van der Waals surface area contributed by atoms with Gasteiger partial charge in [-0.2, -0.15) is 0 Å². The predicted octanol–water partition coefficient (Wildman–Crippen LogP) is 2.93. The SMILES string of the molecule is Cc1cccc([C@@H](O)c2cc(=O)c(O)cn2-c2ccccc2)c1. The van der Waals surface area contributed by atoms with Crippen LogP contribution in [0, 0.1) is 6.92 Å². The molecule has 1 heterocycles. The van der Waals surface area contributed by atoms with Crippen molar-refractivity contribution in [1.82, 2.24) is 4.57 Å². The van der Waals surface area contributed by atoms with Crippen LogP contribution in [0.1, 0.15) is 22.9 Å². The van der Waals surface area contributed by atoms with Crippen LogP contribution in [0.5, 0.6) is 5.75 Å². The number of aliphatic hydroxyl groups is 1. The number of rotatable bonds is 3. The zero-order chi connectivity index (χ0) is 16.4. The maximum atomic E-state index is 11.9. The number of aliphatic hydroxyl groups excluding tert-OH is 1. The molecule has 0 aliphatic rings. The van der Waals surface area contributed by atoms with Gasteiger partial charge >= 0.3 is 0 Å². The van der Waals surface area contributed by atoms with E-state index < -0.39 is 11.5 Å². The summed E-state index contributed by atoms with van der Waals surface area (Å²) in [5.41, 5.74) is 2.36. The second-order valence-corrected chi connectivity index (χ2v) is 5.47. The van der Waals surface area contributed by atoms with Crippen LogP contribution in [0.2, 0.25) is 0 Å². The monoisotopic (exact) mass is 307 g/mol. The molecule has 2 aromatic carbocycles. The van der Waals surface area contributed by atoms with E-state index in [4.69, 9.17) is 0 Å². The molecule has 1 atom stereocenters. The molecule has 0 fully saturated rings. The minimum atomic E-state index is -0.969. The van der Waals surface area contributed by atoms with Crippen molar-refractivity contribution in [3.8, 4) is 11.4 Å². The van der Waals surface area contributed by atoms with Gasteiger partial charge in [0.25, 0.3) is 0 Å². The van der Waals surface area contributed by atoms with E-state index in [-0.39, 0.29) is 5.75 Å². The van der Waals surface area contributed by atoms with Gasteiger partial charge in [-0.25, -0.2) is 0 Å². The molecule has 0 spiro atoms. The average molecular weight is 307 g/mol. The second-order valence-electron chi connectivity index (χ2n) is 5.47. The van der Waals surface area contributed by atoms with E-state index in [0.717, 1.165) is 11.3 Å². The number of aryl methyl sites for hydroxylation is 1. The molecule has 4 nitrogen and oxygen atoms in total. The molecule has 0 saturated carbocycles. The molecule has 3 aromatic rings. The van der Waals surface area contributed by atoms with Crippen molar-refractivity contribution in [2.24, 2.45) is 0 Å². The van der Waals surface area contributed by atoms with Gasteiger partial charge in [-0.15, -0.1) is 0 Å². The third kappa shape index (κ3) is 3.03. The fraction of sp³-hybridized carbons (Fsp3) is 0.105. The Kier molecular flexibility index (Phi) is 4.00. The quantitative estimate of drug-likeness (QED) is 0.782. The fourth-order valence-corrected chi connectivity index (χ4v) is 2.57. The third-order valence-corrected chi connectivity index (χ3v) is 3.73. The Hall–Kier alpha value is -2.85. The van der Waals surface area contributed by atoms with Crippen molar-refractivity contribution in [2.75, 3.05) is 0 Å². The molecule has 0 amide bonds. The molecule has 0 aliphatic heterocycles. The number of aromatic nitrogens is 1. The highest BCUT2D eigenvalue weighted by atomic mass is 16.3. The van der Waals surface area contributed by atoms with Crippen LogP contribution in [-0.4, -0.2) is 14.8 Å². The summed E-state index contributed by atoms with van der Waals surface area (Å²) in [5.74, 6) is -0.353. The molecule has 4 heteroatoms. The lowest BCUT2D eigenvalue weighted by Gasteiger charge is -2.19. The molecule has 1 aromatic heterocycles. The van der Waals surface area contributed by atoms with Crippen LogP contribution in [-0.2, 0) is 0 Å². The van der Waals surface area contributed by atoms with Gasteiger partial charge in [-0.05, 0) is 24.6 Å². The molecular weight excluding hydrogens is 290 g/mol. The Morgan fingerprint density at radius 2 is 1.74 bits per heavy atom. The standard InChI is InChI=1S/C19H17NO3/c1-13-6-5-7-14(10-13)19(23)16-11-17(21)18(22)12-20(16)15-8-3-2-4-9-15/h2-12,19,22-23H,1H3/t19-/m1/s1. The third-order valence-electron chi connectivity index (χ3n) is 3.73. The number of aromatic hydroxyl groups is 1.